The van der Waals surface area contributed by atoms with E-state index in [1.165, 1.54) is 25.7 Å². The minimum atomic E-state index is 0.390. The van der Waals surface area contributed by atoms with Gasteiger partial charge in [-0.05, 0) is 56.5 Å². The predicted molar refractivity (Wildman–Crippen MR) is 74.4 cm³/mol. The lowest BCUT2D eigenvalue weighted by Crippen LogP contribution is -2.37. The van der Waals surface area contributed by atoms with Crippen LogP contribution in [0.1, 0.15) is 52.4 Å². The molecule has 0 aromatic heterocycles. The number of nitrogens with one attached hydrogen (secondary N) is 1. The van der Waals surface area contributed by atoms with Crippen LogP contribution < -0.4 is 5.32 Å². The molecule has 1 atom stereocenters. The first-order valence-corrected chi connectivity index (χ1v) is 7.55. The Kier molecular flexibility index (Phi) is 4.66. The minimum absolute atomic E-state index is 0.390. The van der Waals surface area contributed by atoms with Gasteiger partial charge < -0.3 is 10.2 Å². The van der Waals surface area contributed by atoms with Gasteiger partial charge in [0.1, 0.15) is 0 Å². The molecule has 0 spiro atoms. The normalized spacial score (nSPS) is 28.8. The van der Waals surface area contributed by atoms with E-state index in [4.69, 9.17) is 0 Å². The monoisotopic (exact) mass is 252 g/mol. The van der Waals surface area contributed by atoms with E-state index in [0.29, 0.717) is 17.2 Å². The van der Waals surface area contributed by atoms with Crippen LogP contribution in [-0.4, -0.2) is 37.0 Å². The lowest BCUT2D eigenvalue weighted by molar-refractivity contribution is -0.132. The second-order valence-corrected chi connectivity index (χ2v) is 6.82. The fourth-order valence-electron chi connectivity index (χ4n) is 3.15. The Bertz CT molecular complexity index is 282. The third kappa shape index (κ3) is 3.98. The molecule has 0 bridgehead atoms. The molecular formula is C15H28N2O. The zero-order chi connectivity index (χ0) is 13.0. The molecular weight excluding hydrogens is 224 g/mol. The van der Waals surface area contributed by atoms with Crippen LogP contribution in [-0.2, 0) is 4.79 Å². The average molecular weight is 252 g/mol. The van der Waals surface area contributed by atoms with Crippen molar-refractivity contribution in [3.05, 3.63) is 0 Å². The van der Waals surface area contributed by atoms with Gasteiger partial charge in [-0.1, -0.05) is 13.8 Å². The topological polar surface area (TPSA) is 32.3 Å². The van der Waals surface area contributed by atoms with E-state index in [1.807, 2.05) is 0 Å². The molecule has 1 amide bonds. The van der Waals surface area contributed by atoms with Crippen LogP contribution in [0.2, 0.25) is 0 Å². The standard InChI is InChI=1S/C15H28N2O/c1-15(2)6-4-9-17(10-7-15)14(18)11-13-5-3-8-16-12-13/h13,16H,3-12H2,1-2H3. The van der Waals surface area contributed by atoms with Crippen molar-refractivity contribution >= 4 is 5.91 Å². The molecule has 0 aromatic carbocycles. The lowest BCUT2D eigenvalue weighted by Gasteiger charge is -2.27. The molecule has 0 aromatic rings. The van der Waals surface area contributed by atoms with Gasteiger partial charge in [-0.25, -0.2) is 0 Å². The molecule has 2 rings (SSSR count). The number of hydrogen-bond donors (Lipinski definition) is 1. The minimum Gasteiger partial charge on any atom is -0.343 e. The van der Waals surface area contributed by atoms with Crippen LogP contribution in [0.3, 0.4) is 0 Å². The van der Waals surface area contributed by atoms with Gasteiger partial charge in [0.05, 0.1) is 0 Å². The summed E-state index contributed by atoms with van der Waals surface area (Å²) in [6.45, 7) is 8.75. The van der Waals surface area contributed by atoms with Crippen molar-refractivity contribution in [3.8, 4) is 0 Å². The zero-order valence-electron chi connectivity index (χ0n) is 12.0. The zero-order valence-corrected chi connectivity index (χ0v) is 12.0. The van der Waals surface area contributed by atoms with Gasteiger partial charge in [-0.15, -0.1) is 0 Å². The number of rotatable bonds is 2. The molecule has 18 heavy (non-hydrogen) atoms. The van der Waals surface area contributed by atoms with Crippen LogP contribution in [0.4, 0.5) is 0 Å². The van der Waals surface area contributed by atoms with Gasteiger partial charge >= 0.3 is 0 Å². The van der Waals surface area contributed by atoms with E-state index in [1.54, 1.807) is 0 Å². The Balaban J connectivity index is 1.81. The summed E-state index contributed by atoms with van der Waals surface area (Å²) in [4.78, 5) is 14.4. The maximum Gasteiger partial charge on any atom is 0.222 e. The Hall–Kier alpha value is -0.570. The van der Waals surface area contributed by atoms with E-state index in [-0.39, 0.29) is 0 Å². The number of nitrogens with zero attached hydrogens (tertiary/aromatic N) is 1. The Morgan fingerprint density at radius 2 is 2.11 bits per heavy atom. The summed E-state index contributed by atoms with van der Waals surface area (Å²) in [6.07, 6.45) is 6.78. The maximum absolute atomic E-state index is 12.3. The second kappa shape index (κ2) is 6.05. The van der Waals surface area contributed by atoms with Crippen LogP contribution in [0.25, 0.3) is 0 Å². The van der Waals surface area contributed by atoms with Crippen molar-refractivity contribution in [3.63, 3.8) is 0 Å². The molecule has 2 aliphatic heterocycles. The highest BCUT2D eigenvalue weighted by Gasteiger charge is 2.26. The summed E-state index contributed by atoms with van der Waals surface area (Å²) in [7, 11) is 0. The highest BCUT2D eigenvalue weighted by molar-refractivity contribution is 5.76. The summed E-state index contributed by atoms with van der Waals surface area (Å²) in [5.74, 6) is 0.962. The van der Waals surface area contributed by atoms with Crippen LogP contribution in [0.15, 0.2) is 0 Å². The van der Waals surface area contributed by atoms with Crippen molar-refractivity contribution in [2.75, 3.05) is 26.2 Å². The van der Waals surface area contributed by atoms with Crippen molar-refractivity contribution in [2.24, 2.45) is 11.3 Å². The maximum atomic E-state index is 12.3. The van der Waals surface area contributed by atoms with Gasteiger partial charge in [0.25, 0.3) is 0 Å². The molecule has 1 N–H and O–H groups in total. The Labute approximate surface area is 111 Å². The molecule has 2 aliphatic rings. The number of piperidine rings is 1. The van der Waals surface area contributed by atoms with E-state index in [0.717, 1.165) is 39.0 Å². The smallest absolute Gasteiger partial charge is 0.222 e. The van der Waals surface area contributed by atoms with Crippen LogP contribution in [0, 0.1) is 11.3 Å². The molecule has 3 heteroatoms. The number of amides is 1. The third-order valence-corrected chi connectivity index (χ3v) is 4.56. The average Bonchev–Trinajstić information content (AvgIpc) is 2.51. The van der Waals surface area contributed by atoms with Gasteiger partial charge in [-0.3, -0.25) is 4.79 Å². The van der Waals surface area contributed by atoms with Crippen molar-refractivity contribution < 1.29 is 4.79 Å². The van der Waals surface area contributed by atoms with Crippen LogP contribution in [0.5, 0.6) is 0 Å². The van der Waals surface area contributed by atoms with E-state index in [2.05, 4.69) is 24.1 Å². The molecule has 2 heterocycles. The molecule has 2 fully saturated rings. The summed E-state index contributed by atoms with van der Waals surface area (Å²) < 4.78 is 0. The summed E-state index contributed by atoms with van der Waals surface area (Å²) in [5, 5.41) is 3.40. The van der Waals surface area contributed by atoms with Crippen molar-refractivity contribution in [2.45, 2.75) is 52.4 Å². The Morgan fingerprint density at radius 1 is 1.28 bits per heavy atom. The van der Waals surface area contributed by atoms with E-state index in [9.17, 15) is 4.79 Å². The lowest BCUT2D eigenvalue weighted by atomic mass is 9.85. The van der Waals surface area contributed by atoms with Crippen LogP contribution >= 0.6 is 0 Å². The fourth-order valence-corrected chi connectivity index (χ4v) is 3.15. The number of carbonyl (C=O) groups is 1. The molecule has 104 valence electrons. The van der Waals surface area contributed by atoms with Crippen molar-refractivity contribution in [1.82, 2.24) is 10.2 Å². The van der Waals surface area contributed by atoms with E-state index < -0.39 is 0 Å². The molecule has 3 nitrogen and oxygen atoms in total. The molecule has 0 aliphatic carbocycles. The molecule has 1 unspecified atom stereocenters. The largest absolute Gasteiger partial charge is 0.343 e. The van der Waals surface area contributed by atoms with Gasteiger partial charge in [0.15, 0.2) is 0 Å². The summed E-state index contributed by atoms with van der Waals surface area (Å²) in [5.41, 5.74) is 0.418. The number of likely N-dealkylation sites (tertiary alicyclic amines) is 1. The summed E-state index contributed by atoms with van der Waals surface area (Å²) >= 11 is 0. The third-order valence-electron chi connectivity index (χ3n) is 4.56. The van der Waals surface area contributed by atoms with Crippen molar-refractivity contribution in [1.29, 1.82) is 0 Å². The van der Waals surface area contributed by atoms with Gasteiger partial charge in [0.2, 0.25) is 5.91 Å². The first kappa shape index (κ1) is 13.9. The first-order chi connectivity index (χ1) is 8.57. The predicted octanol–water partition coefficient (Wildman–Crippen LogP) is 2.41. The van der Waals surface area contributed by atoms with E-state index >= 15 is 0 Å². The molecule has 0 saturated carbocycles. The van der Waals surface area contributed by atoms with Gasteiger partial charge in [-0.2, -0.15) is 0 Å². The number of hydrogen-bond acceptors (Lipinski definition) is 2. The SMILES string of the molecule is CC1(C)CCCN(C(=O)CC2CCCNC2)CC1. The quantitative estimate of drug-likeness (QED) is 0.818. The fraction of sp³-hybridized carbons (Fsp3) is 0.933. The number of carbonyl (C=O) groups excluding carboxylic acids is 1. The second-order valence-electron chi connectivity index (χ2n) is 6.82. The molecule has 0 radical (unpaired) electrons. The first-order valence-electron chi connectivity index (χ1n) is 7.55. The van der Waals surface area contributed by atoms with Gasteiger partial charge in [0, 0.05) is 19.5 Å². The molecule has 2 saturated heterocycles. The highest BCUT2D eigenvalue weighted by Crippen LogP contribution is 2.30. The highest BCUT2D eigenvalue weighted by atomic mass is 16.2. The Morgan fingerprint density at radius 3 is 2.83 bits per heavy atom. The summed E-state index contributed by atoms with van der Waals surface area (Å²) in [6, 6.07) is 0.